The molecule has 4 nitrogen and oxygen atoms in total. The maximum Gasteiger partial charge on any atom is 0.195 e. The van der Waals surface area contributed by atoms with E-state index in [0.29, 0.717) is 28.3 Å². The van der Waals surface area contributed by atoms with Crippen LogP contribution in [-0.2, 0) is 0 Å². The average Bonchev–Trinajstić information content (AvgIpc) is 2.77. The second kappa shape index (κ2) is 7.53. The molecule has 0 fully saturated rings. The second-order valence-corrected chi connectivity index (χ2v) is 6.34. The second-order valence-electron chi connectivity index (χ2n) is 6.34. The first-order chi connectivity index (χ1) is 13.7. The van der Waals surface area contributed by atoms with Crippen LogP contribution in [0.2, 0.25) is 0 Å². The number of rotatable bonds is 5. The fourth-order valence-electron chi connectivity index (χ4n) is 3.24. The molecule has 0 N–H and O–H groups in total. The van der Waals surface area contributed by atoms with Crippen LogP contribution < -0.4 is 9.47 Å². The van der Waals surface area contributed by atoms with Crippen molar-refractivity contribution in [2.24, 2.45) is 0 Å². The molecule has 0 saturated heterocycles. The van der Waals surface area contributed by atoms with Crippen LogP contribution in [0, 0.1) is 0 Å². The minimum Gasteiger partial charge on any atom is -0.493 e. The van der Waals surface area contributed by atoms with Gasteiger partial charge in [-0.2, -0.15) is 0 Å². The van der Waals surface area contributed by atoms with Crippen molar-refractivity contribution in [3.63, 3.8) is 0 Å². The minimum absolute atomic E-state index is 0.113. The van der Waals surface area contributed by atoms with E-state index in [9.17, 15) is 4.79 Å². The van der Waals surface area contributed by atoms with E-state index in [1.807, 2.05) is 60.7 Å². The number of methoxy groups -OCH3 is 2. The number of pyridine rings is 1. The first-order valence-corrected chi connectivity index (χ1v) is 8.93. The number of carbonyl (C=O) groups is 1. The monoisotopic (exact) mass is 369 g/mol. The lowest BCUT2D eigenvalue weighted by atomic mass is 9.96. The summed E-state index contributed by atoms with van der Waals surface area (Å²) in [5.74, 6) is 0.986. The first-order valence-electron chi connectivity index (χ1n) is 8.93. The first kappa shape index (κ1) is 17.7. The molecule has 1 aromatic heterocycles. The Hall–Kier alpha value is -3.66. The van der Waals surface area contributed by atoms with Gasteiger partial charge in [-0.15, -0.1) is 0 Å². The molecule has 0 aliphatic rings. The van der Waals surface area contributed by atoms with Gasteiger partial charge >= 0.3 is 0 Å². The zero-order chi connectivity index (χ0) is 19.5. The molecule has 0 saturated carbocycles. The third kappa shape index (κ3) is 3.21. The number of nitrogens with zero attached hydrogens (tertiary/aromatic N) is 1. The number of fused-ring (bicyclic) bond motifs is 1. The van der Waals surface area contributed by atoms with Gasteiger partial charge in [-0.05, 0) is 30.3 Å². The standard InChI is InChI=1S/C24H19NO3/c1-27-21-13-12-18(15-22(21)28-2)24(26)19-14-17-10-6-7-11-20(17)25-23(19)16-8-4-3-5-9-16/h3-15H,1-2H3. The van der Waals surface area contributed by atoms with Crippen LogP contribution in [-0.4, -0.2) is 25.0 Å². The summed E-state index contributed by atoms with van der Waals surface area (Å²) in [5, 5.41) is 0.922. The highest BCUT2D eigenvalue weighted by Crippen LogP contribution is 2.31. The Morgan fingerprint density at radius 2 is 1.50 bits per heavy atom. The largest absolute Gasteiger partial charge is 0.493 e. The summed E-state index contributed by atoms with van der Waals surface area (Å²) in [6.07, 6.45) is 0. The number of para-hydroxylation sites is 1. The van der Waals surface area contributed by atoms with Crippen LogP contribution in [0.1, 0.15) is 15.9 Å². The van der Waals surface area contributed by atoms with Gasteiger partial charge in [0.1, 0.15) is 0 Å². The number of carbonyl (C=O) groups excluding carboxylic acids is 1. The van der Waals surface area contributed by atoms with Gasteiger partial charge < -0.3 is 9.47 Å². The smallest absolute Gasteiger partial charge is 0.195 e. The van der Waals surface area contributed by atoms with Crippen LogP contribution in [0.5, 0.6) is 11.5 Å². The number of aromatic nitrogens is 1. The van der Waals surface area contributed by atoms with E-state index in [2.05, 4.69) is 0 Å². The van der Waals surface area contributed by atoms with E-state index >= 15 is 0 Å². The molecule has 0 atom stereocenters. The Labute approximate surface area is 163 Å². The predicted octanol–water partition coefficient (Wildman–Crippen LogP) is 5.15. The lowest BCUT2D eigenvalue weighted by Gasteiger charge is -2.12. The Kier molecular flexibility index (Phi) is 4.77. The fourth-order valence-corrected chi connectivity index (χ4v) is 3.24. The molecule has 0 unspecified atom stereocenters. The third-order valence-corrected chi connectivity index (χ3v) is 4.66. The summed E-state index contributed by atoms with van der Waals surface area (Å²) in [4.78, 5) is 18.2. The summed E-state index contributed by atoms with van der Waals surface area (Å²) in [5.41, 5.74) is 3.49. The van der Waals surface area contributed by atoms with E-state index in [4.69, 9.17) is 14.5 Å². The summed E-state index contributed by atoms with van der Waals surface area (Å²) in [6, 6.07) is 24.6. The normalized spacial score (nSPS) is 10.6. The van der Waals surface area contributed by atoms with Gasteiger partial charge in [0.05, 0.1) is 25.4 Å². The highest BCUT2D eigenvalue weighted by atomic mass is 16.5. The van der Waals surface area contributed by atoms with Crippen LogP contribution in [0.15, 0.2) is 78.9 Å². The molecule has 0 bridgehead atoms. The van der Waals surface area contributed by atoms with Gasteiger partial charge in [0.2, 0.25) is 0 Å². The SMILES string of the molecule is COc1ccc(C(=O)c2cc3ccccc3nc2-c2ccccc2)cc1OC. The van der Waals surface area contributed by atoms with Crippen molar-refractivity contribution in [3.05, 3.63) is 90.0 Å². The van der Waals surface area contributed by atoms with E-state index in [1.54, 1.807) is 32.4 Å². The number of hydrogen-bond donors (Lipinski definition) is 0. The van der Waals surface area contributed by atoms with E-state index in [1.165, 1.54) is 0 Å². The Bertz CT molecular complexity index is 1150. The van der Waals surface area contributed by atoms with Gasteiger partial charge in [0.25, 0.3) is 0 Å². The molecule has 1 heterocycles. The molecule has 4 heteroatoms. The lowest BCUT2D eigenvalue weighted by Crippen LogP contribution is -2.06. The summed E-state index contributed by atoms with van der Waals surface area (Å²) < 4.78 is 10.6. The number of benzene rings is 3. The van der Waals surface area contributed by atoms with E-state index in [0.717, 1.165) is 16.5 Å². The lowest BCUT2D eigenvalue weighted by molar-refractivity contribution is 0.103. The van der Waals surface area contributed by atoms with Crippen molar-refractivity contribution in [1.29, 1.82) is 0 Å². The van der Waals surface area contributed by atoms with Gasteiger partial charge in [-0.1, -0.05) is 48.5 Å². The molecule has 0 aliphatic heterocycles. The Balaban J connectivity index is 1.91. The molecule has 4 rings (SSSR count). The van der Waals surface area contributed by atoms with Crippen molar-refractivity contribution < 1.29 is 14.3 Å². The highest BCUT2D eigenvalue weighted by Gasteiger charge is 2.19. The topological polar surface area (TPSA) is 48.4 Å². The molecular formula is C24H19NO3. The molecule has 4 aromatic rings. The van der Waals surface area contributed by atoms with Crippen molar-refractivity contribution in [2.75, 3.05) is 14.2 Å². The van der Waals surface area contributed by atoms with Crippen molar-refractivity contribution in [1.82, 2.24) is 4.98 Å². The van der Waals surface area contributed by atoms with Crippen LogP contribution >= 0.6 is 0 Å². The third-order valence-electron chi connectivity index (χ3n) is 4.66. The van der Waals surface area contributed by atoms with Gasteiger partial charge in [0.15, 0.2) is 17.3 Å². The van der Waals surface area contributed by atoms with Crippen molar-refractivity contribution in [2.45, 2.75) is 0 Å². The summed E-state index contributed by atoms with van der Waals surface area (Å²) >= 11 is 0. The number of ether oxygens (including phenoxy) is 2. The molecule has 138 valence electrons. The predicted molar refractivity (Wildman–Crippen MR) is 110 cm³/mol. The average molecular weight is 369 g/mol. The number of ketones is 1. The summed E-state index contributed by atoms with van der Waals surface area (Å²) in [6.45, 7) is 0. The highest BCUT2D eigenvalue weighted by molar-refractivity contribution is 6.14. The zero-order valence-corrected chi connectivity index (χ0v) is 15.7. The molecule has 0 amide bonds. The maximum absolute atomic E-state index is 13.4. The van der Waals surface area contributed by atoms with Crippen LogP contribution in [0.4, 0.5) is 0 Å². The van der Waals surface area contributed by atoms with Crippen LogP contribution in [0.25, 0.3) is 22.2 Å². The minimum atomic E-state index is -0.113. The molecule has 0 aliphatic carbocycles. The zero-order valence-electron chi connectivity index (χ0n) is 15.7. The molecule has 0 spiro atoms. The number of hydrogen-bond acceptors (Lipinski definition) is 4. The fraction of sp³-hybridized carbons (Fsp3) is 0.0833. The van der Waals surface area contributed by atoms with E-state index in [-0.39, 0.29) is 5.78 Å². The van der Waals surface area contributed by atoms with E-state index < -0.39 is 0 Å². The Morgan fingerprint density at radius 1 is 0.786 bits per heavy atom. The molecule has 0 radical (unpaired) electrons. The molecular weight excluding hydrogens is 350 g/mol. The van der Waals surface area contributed by atoms with Gasteiger partial charge in [-0.3, -0.25) is 4.79 Å². The molecule has 28 heavy (non-hydrogen) atoms. The van der Waals surface area contributed by atoms with Gasteiger partial charge in [-0.25, -0.2) is 4.98 Å². The van der Waals surface area contributed by atoms with Crippen molar-refractivity contribution in [3.8, 4) is 22.8 Å². The quantitative estimate of drug-likeness (QED) is 0.457. The molecule has 3 aromatic carbocycles. The summed E-state index contributed by atoms with van der Waals surface area (Å²) in [7, 11) is 3.12. The van der Waals surface area contributed by atoms with Crippen molar-refractivity contribution >= 4 is 16.7 Å². The maximum atomic E-state index is 13.4. The Morgan fingerprint density at radius 3 is 2.25 bits per heavy atom. The van der Waals surface area contributed by atoms with Gasteiger partial charge in [0, 0.05) is 22.1 Å². The van der Waals surface area contributed by atoms with Crippen LogP contribution in [0.3, 0.4) is 0 Å².